The Labute approximate surface area is 132 Å². The molecule has 0 aromatic carbocycles. The van der Waals surface area contributed by atoms with E-state index in [1.165, 1.54) is 4.90 Å². The zero-order valence-corrected chi connectivity index (χ0v) is 12.9. The largest absolute Gasteiger partial charge is 0.401 e. The maximum absolute atomic E-state index is 12.8. The van der Waals surface area contributed by atoms with Gasteiger partial charge in [-0.25, -0.2) is 4.98 Å². The molecule has 2 aliphatic rings. The number of nitrogens with zero attached hydrogens (tertiary/aromatic N) is 3. The van der Waals surface area contributed by atoms with Crippen LogP contribution in [0.25, 0.3) is 0 Å². The summed E-state index contributed by atoms with van der Waals surface area (Å²) in [6.07, 6.45) is -1.52. The highest BCUT2D eigenvalue weighted by Gasteiger charge is 2.41. The maximum Gasteiger partial charge on any atom is 0.401 e. The number of fused-ring (bicyclic) bond motifs is 1. The third-order valence-electron chi connectivity index (χ3n) is 4.22. The van der Waals surface area contributed by atoms with Crippen molar-refractivity contribution in [2.45, 2.75) is 32.0 Å². The summed E-state index contributed by atoms with van der Waals surface area (Å²) in [5.41, 5.74) is 1.56. The molecule has 1 aromatic rings. The molecule has 1 N–H and O–H groups in total. The predicted molar refractivity (Wildman–Crippen MR) is 80.5 cm³/mol. The van der Waals surface area contributed by atoms with Crippen molar-refractivity contribution >= 4 is 17.4 Å². The summed E-state index contributed by atoms with van der Waals surface area (Å²) in [4.78, 5) is 19.9. The third-order valence-corrected chi connectivity index (χ3v) is 4.22. The average Bonchev–Trinajstić information content (AvgIpc) is 2.91. The molecule has 1 atom stereocenters. The Hall–Kier alpha value is -1.83. The number of hydrogen-bond acceptors (Lipinski definition) is 4. The van der Waals surface area contributed by atoms with Crippen LogP contribution in [0.2, 0.25) is 0 Å². The number of nitrogens with one attached hydrogen (secondary N) is 1. The van der Waals surface area contributed by atoms with E-state index >= 15 is 0 Å². The molecule has 8 heteroatoms. The van der Waals surface area contributed by atoms with Crippen LogP contribution in [0.4, 0.5) is 24.7 Å². The summed E-state index contributed by atoms with van der Waals surface area (Å²) in [7, 11) is 0. The second kappa shape index (κ2) is 5.99. The molecule has 3 rings (SSSR count). The Morgan fingerprint density at radius 1 is 1.43 bits per heavy atom. The molecule has 0 aliphatic carbocycles. The third kappa shape index (κ3) is 3.41. The molecule has 2 aliphatic heterocycles. The van der Waals surface area contributed by atoms with E-state index in [9.17, 15) is 18.0 Å². The summed E-state index contributed by atoms with van der Waals surface area (Å²) in [5.74, 6) is 0.345. The zero-order valence-electron chi connectivity index (χ0n) is 12.9. The van der Waals surface area contributed by atoms with Crippen molar-refractivity contribution in [1.82, 2.24) is 9.88 Å². The fourth-order valence-electron chi connectivity index (χ4n) is 3.24. The number of halogens is 3. The molecule has 0 spiro atoms. The van der Waals surface area contributed by atoms with Gasteiger partial charge in [0.25, 0.3) is 0 Å². The SMILES string of the molecule is Cc1cnc2c(c1)N(C(=O)C1CCCN1CC(F)(F)F)CCN2. The van der Waals surface area contributed by atoms with Gasteiger partial charge in [-0.3, -0.25) is 9.69 Å². The van der Waals surface area contributed by atoms with E-state index in [1.54, 1.807) is 11.1 Å². The van der Waals surface area contributed by atoms with Gasteiger partial charge >= 0.3 is 6.18 Å². The number of carbonyl (C=O) groups is 1. The molecular weight excluding hydrogens is 309 g/mol. The summed E-state index contributed by atoms with van der Waals surface area (Å²) in [5, 5.41) is 3.12. The molecule has 126 valence electrons. The number of amides is 1. The van der Waals surface area contributed by atoms with Gasteiger partial charge in [-0.05, 0) is 37.9 Å². The van der Waals surface area contributed by atoms with Crippen molar-refractivity contribution in [3.63, 3.8) is 0 Å². The molecule has 3 heterocycles. The van der Waals surface area contributed by atoms with Gasteiger partial charge in [0.05, 0.1) is 18.3 Å². The first-order chi connectivity index (χ1) is 10.8. The van der Waals surface area contributed by atoms with Crippen LogP contribution in [0.3, 0.4) is 0 Å². The lowest BCUT2D eigenvalue weighted by atomic mass is 10.1. The number of rotatable bonds is 2. The minimum absolute atomic E-state index is 0.262. The van der Waals surface area contributed by atoms with Crippen molar-refractivity contribution in [3.05, 3.63) is 17.8 Å². The molecule has 1 fully saturated rings. The smallest absolute Gasteiger partial charge is 0.367 e. The summed E-state index contributed by atoms with van der Waals surface area (Å²) >= 11 is 0. The molecule has 0 radical (unpaired) electrons. The van der Waals surface area contributed by atoms with E-state index in [4.69, 9.17) is 0 Å². The number of pyridine rings is 1. The quantitative estimate of drug-likeness (QED) is 0.904. The fourth-order valence-corrected chi connectivity index (χ4v) is 3.24. The van der Waals surface area contributed by atoms with Crippen molar-refractivity contribution < 1.29 is 18.0 Å². The molecule has 1 unspecified atom stereocenters. The van der Waals surface area contributed by atoms with Gasteiger partial charge in [-0.2, -0.15) is 13.2 Å². The lowest BCUT2D eigenvalue weighted by Crippen LogP contribution is -2.50. The molecule has 1 aromatic heterocycles. The van der Waals surface area contributed by atoms with Crippen molar-refractivity contribution in [2.24, 2.45) is 0 Å². The molecule has 5 nitrogen and oxygen atoms in total. The van der Waals surface area contributed by atoms with E-state index < -0.39 is 18.8 Å². The lowest BCUT2D eigenvalue weighted by molar-refractivity contribution is -0.150. The van der Waals surface area contributed by atoms with Crippen LogP contribution >= 0.6 is 0 Å². The van der Waals surface area contributed by atoms with E-state index in [2.05, 4.69) is 10.3 Å². The van der Waals surface area contributed by atoms with Crippen LogP contribution in [-0.2, 0) is 4.79 Å². The van der Waals surface area contributed by atoms with Gasteiger partial charge in [0.1, 0.15) is 5.82 Å². The van der Waals surface area contributed by atoms with Crippen LogP contribution in [0.5, 0.6) is 0 Å². The van der Waals surface area contributed by atoms with Crippen LogP contribution in [0, 0.1) is 6.92 Å². The Balaban J connectivity index is 1.82. The van der Waals surface area contributed by atoms with Gasteiger partial charge in [0.15, 0.2) is 0 Å². The van der Waals surface area contributed by atoms with E-state index in [0.29, 0.717) is 44.0 Å². The van der Waals surface area contributed by atoms with Gasteiger partial charge in [-0.15, -0.1) is 0 Å². The minimum atomic E-state index is -4.29. The normalized spacial score (nSPS) is 21.9. The second-order valence-electron chi connectivity index (χ2n) is 6.04. The van der Waals surface area contributed by atoms with Gasteiger partial charge < -0.3 is 10.2 Å². The van der Waals surface area contributed by atoms with Gasteiger partial charge in [0, 0.05) is 19.3 Å². The van der Waals surface area contributed by atoms with E-state index in [0.717, 1.165) is 5.56 Å². The summed E-state index contributed by atoms with van der Waals surface area (Å²) in [6.45, 7) is 2.12. The van der Waals surface area contributed by atoms with Crippen LogP contribution in [0.15, 0.2) is 12.3 Å². The molecule has 0 saturated carbocycles. The van der Waals surface area contributed by atoms with Crippen molar-refractivity contribution in [3.8, 4) is 0 Å². The molecule has 23 heavy (non-hydrogen) atoms. The first-order valence-corrected chi connectivity index (χ1v) is 7.68. The number of aryl methyl sites for hydroxylation is 1. The number of hydrogen-bond donors (Lipinski definition) is 1. The number of likely N-dealkylation sites (tertiary alicyclic amines) is 1. The predicted octanol–water partition coefficient (Wildman–Crippen LogP) is 2.18. The first kappa shape index (κ1) is 16.0. The minimum Gasteiger partial charge on any atom is -0.367 e. The highest BCUT2D eigenvalue weighted by atomic mass is 19.4. The van der Waals surface area contributed by atoms with Gasteiger partial charge in [0.2, 0.25) is 5.91 Å². The molecule has 1 saturated heterocycles. The van der Waals surface area contributed by atoms with E-state index in [1.807, 2.05) is 13.0 Å². The number of alkyl halides is 3. The highest BCUT2D eigenvalue weighted by Crippen LogP contribution is 2.31. The molecule has 1 amide bonds. The zero-order chi connectivity index (χ0) is 16.6. The Morgan fingerprint density at radius 3 is 2.96 bits per heavy atom. The average molecular weight is 328 g/mol. The van der Waals surface area contributed by atoms with Gasteiger partial charge in [-0.1, -0.05) is 0 Å². The summed E-state index contributed by atoms with van der Waals surface area (Å²) in [6, 6.07) is 1.14. The number of carbonyl (C=O) groups excluding carboxylic acids is 1. The monoisotopic (exact) mass is 328 g/mol. The standard InChI is InChI=1S/C15H19F3N4O/c1-10-7-12-13(20-8-10)19-4-6-22(12)14(23)11-3-2-5-21(11)9-15(16,17)18/h7-8,11H,2-6,9H2,1H3,(H,19,20). The molecule has 0 bridgehead atoms. The first-order valence-electron chi connectivity index (χ1n) is 7.68. The second-order valence-corrected chi connectivity index (χ2v) is 6.04. The Morgan fingerprint density at radius 2 is 2.22 bits per heavy atom. The maximum atomic E-state index is 12.8. The van der Waals surface area contributed by atoms with E-state index in [-0.39, 0.29) is 5.91 Å². The van der Waals surface area contributed by atoms with Crippen molar-refractivity contribution in [2.75, 3.05) is 36.4 Å². The topological polar surface area (TPSA) is 48.5 Å². The lowest BCUT2D eigenvalue weighted by Gasteiger charge is -2.34. The van der Waals surface area contributed by atoms with Crippen LogP contribution in [-0.4, -0.2) is 54.2 Å². The van der Waals surface area contributed by atoms with Crippen LogP contribution in [0.1, 0.15) is 18.4 Å². The van der Waals surface area contributed by atoms with Crippen molar-refractivity contribution in [1.29, 1.82) is 0 Å². The Bertz CT molecular complexity index is 605. The number of anilines is 2. The fraction of sp³-hybridized carbons (Fsp3) is 0.600. The molecular formula is C15H19F3N4O. The number of aromatic nitrogens is 1. The van der Waals surface area contributed by atoms with Crippen LogP contribution < -0.4 is 10.2 Å². The Kier molecular flexibility index (Phi) is 4.18. The summed E-state index contributed by atoms with van der Waals surface area (Å²) < 4.78 is 38.1. The highest BCUT2D eigenvalue weighted by molar-refractivity contribution is 6.00.